The highest BCUT2D eigenvalue weighted by atomic mass is 15.2. The molecule has 14 rings (SSSR count). The summed E-state index contributed by atoms with van der Waals surface area (Å²) in [6.07, 6.45) is 0. The van der Waals surface area contributed by atoms with Gasteiger partial charge in [0.2, 0.25) is 0 Å². The number of nitrogens with zero attached hydrogens (tertiary/aromatic N) is 4. The second-order valence-corrected chi connectivity index (χ2v) is 17.5. The predicted octanol–water partition coefficient (Wildman–Crippen LogP) is 15.6. The van der Waals surface area contributed by atoms with Gasteiger partial charge in [-0.25, -0.2) is 15.0 Å². The molecular formula is C62H38N4. The van der Waals surface area contributed by atoms with Crippen LogP contribution in [0.1, 0.15) is 22.3 Å². The number of fused-ring (bicyclic) bond motifs is 15. The molecule has 66 heavy (non-hydrogen) atoms. The van der Waals surface area contributed by atoms with Gasteiger partial charge in [0, 0.05) is 43.9 Å². The Morgan fingerprint density at radius 3 is 1.55 bits per heavy atom. The SMILES string of the molecule is c1ccc(-c2ccc3ccc4ccc(-c5ccc6nc(-c7ccccc7)c7cc8c(cc7c6c5)N(c5ccccc5)c5ccccc5C85c6ccccc6-c6ccccc65)nc4c3n2)cc1. The van der Waals surface area contributed by atoms with Crippen molar-refractivity contribution in [2.75, 3.05) is 4.90 Å². The van der Waals surface area contributed by atoms with Crippen molar-refractivity contribution in [3.05, 3.63) is 253 Å². The van der Waals surface area contributed by atoms with E-state index in [9.17, 15) is 0 Å². The molecule has 0 saturated carbocycles. The predicted molar refractivity (Wildman–Crippen MR) is 272 cm³/mol. The van der Waals surface area contributed by atoms with Crippen LogP contribution in [0.3, 0.4) is 0 Å². The molecule has 0 saturated heterocycles. The minimum absolute atomic E-state index is 0.588. The van der Waals surface area contributed by atoms with Crippen LogP contribution in [0, 0.1) is 0 Å². The third kappa shape index (κ3) is 5.24. The van der Waals surface area contributed by atoms with E-state index in [1.807, 2.05) is 6.07 Å². The lowest BCUT2D eigenvalue weighted by Crippen LogP contribution is -2.36. The van der Waals surface area contributed by atoms with E-state index >= 15 is 0 Å². The third-order valence-corrected chi connectivity index (χ3v) is 14.0. The first-order valence-corrected chi connectivity index (χ1v) is 22.6. The summed E-state index contributed by atoms with van der Waals surface area (Å²) in [6, 6.07) is 83.3. The van der Waals surface area contributed by atoms with Crippen LogP contribution in [-0.2, 0) is 5.41 Å². The number of aromatic nitrogens is 3. The average Bonchev–Trinajstić information content (AvgIpc) is 3.69. The van der Waals surface area contributed by atoms with Gasteiger partial charge in [0.1, 0.15) is 0 Å². The lowest BCUT2D eigenvalue weighted by atomic mass is 9.64. The smallest absolute Gasteiger partial charge is 0.0972 e. The number of para-hydroxylation sites is 2. The molecule has 0 atom stereocenters. The minimum atomic E-state index is -0.588. The molecule has 0 amide bonds. The topological polar surface area (TPSA) is 41.9 Å². The molecule has 4 nitrogen and oxygen atoms in total. The number of rotatable bonds is 4. The van der Waals surface area contributed by atoms with E-state index in [-0.39, 0.29) is 0 Å². The third-order valence-electron chi connectivity index (χ3n) is 14.0. The maximum absolute atomic E-state index is 5.57. The molecule has 12 aromatic rings. The molecule has 306 valence electrons. The Morgan fingerprint density at radius 2 is 0.879 bits per heavy atom. The van der Waals surface area contributed by atoms with Gasteiger partial charge in [-0.15, -0.1) is 0 Å². The van der Waals surface area contributed by atoms with Crippen LogP contribution in [-0.4, -0.2) is 15.0 Å². The Balaban J connectivity index is 1.07. The van der Waals surface area contributed by atoms with Crippen LogP contribution >= 0.6 is 0 Å². The number of hydrogen-bond acceptors (Lipinski definition) is 4. The quantitative estimate of drug-likeness (QED) is 0.166. The fourth-order valence-corrected chi connectivity index (χ4v) is 11.1. The standard InChI is InChI=1S/C62H38N4/c1-4-16-39(17-5-1)54-33-30-41-28-29-42-31-34-55(64-61(42)60(41)63-54)43-32-35-56-48(36-43)47-38-58-53(37-49(47)59(65-56)40-18-6-2-7-19-40)62(50-24-12-10-22-45(50)46-23-11-13-25-51(46)62)52-26-14-15-27-57(52)66(58)44-20-8-3-9-21-44/h1-38H. The molecule has 3 aromatic heterocycles. The summed E-state index contributed by atoms with van der Waals surface area (Å²) >= 11 is 0. The summed E-state index contributed by atoms with van der Waals surface area (Å²) in [7, 11) is 0. The van der Waals surface area contributed by atoms with Gasteiger partial charge in [-0.1, -0.05) is 176 Å². The summed E-state index contributed by atoms with van der Waals surface area (Å²) in [5, 5.41) is 5.43. The summed E-state index contributed by atoms with van der Waals surface area (Å²) in [4.78, 5) is 18.7. The molecular weight excluding hydrogens is 801 g/mol. The molecule has 0 fully saturated rings. The zero-order valence-corrected chi connectivity index (χ0v) is 35.7. The summed E-state index contributed by atoms with van der Waals surface area (Å²) in [5.41, 5.74) is 19.1. The van der Waals surface area contributed by atoms with Crippen LogP contribution in [0.15, 0.2) is 231 Å². The second kappa shape index (κ2) is 14.1. The Morgan fingerprint density at radius 1 is 0.333 bits per heavy atom. The largest absolute Gasteiger partial charge is 0.310 e. The van der Waals surface area contributed by atoms with Gasteiger partial charge in [0.25, 0.3) is 0 Å². The van der Waals surface area contributed by atoms with Crippen molar-refractivity contribution >= 4 is 60.5 Å². The molecule has 0 radical (unpaired) electrons. The van der Waals surface area contributed by atoms with Crippen molar-refractivity contribution in [2.24, 2.45) is 0 Å². The zero-order valence-electron chi connectivity index (χ0n) is 35.7. The number of anilines is 3. The van der Waals surface area contributed by atoms with E-state index in [1.165, 1.54) is 39.1 Å². The zero-order chi connectivity index (χ0) is 43.3. The lowest BCUT2D eigenvalue weighted by molar-refractivity contribution is 0.754. The van der Waals surface area contributed by atoms with E-state index in [2.05, 4.69) is 229 Å². The molecule has 4 heteroatoms. The van der Waals surface area contributed by atoms with Gasteiger partial charge in [-0.05, 0) is 93.4 Å². The van der Waals surface area contributed by atoms with E-state index < -0.39 is 5.41 Å². The maximum atomic E-state index is 5.57. The average molecular weight is 839 g/mol. The van der Waals surface area contributed by atoms with Crippen LogP contribution in [0.4, 0.5) is 17.1 Å². The molecule has 0 unspecified atom stereocenters. The van der Waals surface area contributed by atoms with E-state index in [1.54, 1.807) is 0 Å². The summed E-state index contributed by atoms with van der Waals surface area (Å²) < 4.78 is 0. The van der Waals surface area contributed by atoms with Gasteiger partial charge in [-0.2, -0.15) is 0 Å². The number of benzene rings is 9. The van der Waals surface area contributed by atoms with Crippen molar-refractivity contribution in [1.82, 2.24) is 15.0 Å². The lowest BCUT2D eigenvalue weighted by Gasteiger charge is -2.45. The van der Waals surface area contributed by atoms with Gasteiger partial charge in [0.15, 0.2) is 0 Å². The van der Waals surface area contributed by atoms with Crippen molar-refractivity contribution in [2.45, 2.75) is 5.41 Å². The molecule has 0 N–H and O–H groups in total. The molecule has 2 aliphatic rings. The molecule has 9 aromatic carbocycles. The van der Waals surface area contributed by atoms with Crippen LogP contribution in [0.5, 0.6) is 0 Å². The van der Waals surface area contributed by atoms with Crippen LogP contribution in [0.25, 0.3) is 88.4 Å². The van der Waals surface area contributed by atoms with Gasteiger partial charge < -0.3 is 4.90 Å². The Kier molecular flexibility index (Phi) is 7.87. The number of pyridine rings is 3. The van der Waals surface area contributed by atoms with Gasteiger partial charge in [0.05, 0.1) is 50.4 Å². The normalized spacial score (nSPS) is 13.2. The highest BCUT2D eigenvalue weighted by Gasteiger charge is 2.51. The van der Waals surface area contributed by atoms with Crippen LogP contribution < -0.4 is 4.90 Å². The highest BCUT2D eigenvalue weighted by molar-refractivity contribution is 6.15. The van der Waals surface area contributed by atoms with Crippen molar-refractivity contribution in [3.8, 4) is 44.9 Å². The Hall–Kier alpha value is -8.73. The fraction of sp³-hybridized carbons (Fsp3) is 0.0161. The Labute approximate surface area is 381 Å². The van der Waals surface area contributed by atoms with Gasteiger partial charge >= 0.3 is 0 Å². The van der Waals surface area contributed by atoms with E-state index in [4.69, 9.17) is 15.0 Å². The first-order chi connectivity index (χ1) is 32.7. The van der Waals surface area contributed by atoms with Gasteiger partial charge in [-0.3, -0.25) is 0 Å². The molecule has 1 spiro atoms. The summed E-state index contributed by atoms with van der Waals surface area (Å²) in [6.45, 7) is 0. The molecule has 1 aliphatic heterocycles. The first kappa shape index (κ1) is 36.7. The van der Waals surface area contributed by atoms with E-state index in [0.717, 1.165) is 88.6 Å². The molecule has 4 heterocycles. The second-order valence-electron chi connectivity index (χ2n) is 17.5. The first-order valence-electron chi connectivity index (χ1n) is 22.6. The number of hydrogen-bond donors (Lipinski definition) is 0. The minimum Gasteiger partial charge on any atom is -0.310 e. The van der Waals surface area contributed by atoms with Crippen molar-refractivity contribution in [3.63, 3.8) is 0 Å². The van der Waals surface area contributed by atoms with Crippen molar-refractivity contribution in [1.29, 1.82) is 0 Å². The molecule has 1 aliphatic carbocycles. The van der Waals surface area contributed by atoms with Crippen LogP contribution in [0.2, 0.25) is 0 Å². The summed E-state index contributed by atoms with van der Waals surface area (Å²) in [5.74, 6) is 0. The van der Waals surface area contributed by atoms with E-state index in [0.29, 0.717) is 0 Å². The highest BCUT2D eigenvalue weighted by Crippen LogP contribution is 2.64. The molecule has 0 bridgehead atoms. The Bertz CT molecular complexity index is 3890. The monoisotopic (exact) mass is 838 g/mol. The van der Waals surface area contributed by atoms with Crippen molar-refractivity contribution < 1.29 is 0 Å². The maximum Gasteiger partial charge on any atom is 0.0972 e. The fourth-order valence-electron chi connectivity index (χ4n) is 11.1.